The first kappa shape index (κ1) is 18.7. The third-order valence-electron chi connectivity index (χ3n) is 5.23. The molecule has 2 aromatic carbocycles. The first-order valence-electron chi connectivity index (χ1n) is 9.23. The van der Waals surface area contributed by atoms with Crippen molar-refractivity contribution in [3.8, 4) is 11.5 Å². The van der Waals surface area contributed by atoms with E-state index in [4.69, 9.17) is 11.6 Å². The molecule has 0 aromatic heterocycles. The van der Waals surface area contributed by atoms with Crippen LogP contribution in [0.5, 0.6) is 11.5 Å². The first-order valence-corrected chi connectivity index (χ1v) is 10.4. The van der Waals surface area contributed by atoms with Crippen molar-refractivity contribution in [2.24, 2.45) is 0 Å². The van der Waals surface area contributed by atoms with Gasteiger partial charge in [0.15, 0.2) is 11.5 Å². The fraction of sp³-hybridized carbons (Fsp3) is 0.400. The lowest BCUT2D eigenvalue weighted by Gasteiger charge is -2.35. The molecule has 2 heterocycles. The van der Waals surface area contributed by atoms with Gasteiger partial charge in [-0.15, -0.1) is 0 Å². The van der Waals surface area contributed by atoms with Crippen LogP contribution in [0.25, 0.3) is 0 Å². The third-order valence-corrected chi connectivity index (χ3v) is 6.58. The van der Waals surface area contributed by atoms with E-state index in [2.05, 4.69) is 21.7 Å². The zero-order valence-electron chi connectivity index (χ0n) is 15.4. The molecule has 0 spiro atoms. The molecule has 7 heteroatoms. The molecule has 0 atom stereocenters. The summed E-state index contributed by atoms with van der Waals surface area (Å²) in [7, 11) is 2.17. The summed E-state index contributed by atoms with van der Waals surface area (Å²) in [6.07, 6.45) is 1.02. The molecular formula is C20H24ClN3O2S. The van der Waals surface area contributed by atoms with Crippen molar-refractivity contribution >= 4 is 34.7 Å². The number of piperazine rings is 1. The molecule has 27 heavy (non-hydrogen) atoms. The Morgan fingerprint density at radius 1 is 0.926 bits per heavy atom. The van der Waals surface area contributed by atoms with Gasteiger partial charge in [-0.1, -0.05) is 23.4 Å². The number of fused-ring (bicyclic) bond motifs is 2. The summed E-state index contributed by atoms with van der Waals surface area (Å²) in [4.78, 5) is 9.13. The van der Waals surface area contributed by atoms with Crippen LogP contribution in [0.4, 0.5) is 11.4 Å². The zero-order chi connectivity index (χ0) is 19.0. The molecule has 1 saturated heterocycles. The van der Waals surface area contributed by atoms with Gasteiger partial charge in [-0.2, -0.15) is 0 Å². The monoisotopic (exact) mass is 405 g/mol. The number of likely N-dealkylation sites (N-methyl/N-ethyl adjacent to an activating group) is 1. The normalized spacial score (nSPS) is 17.6. The van der Waals surface area contributed by atoms with E-state index in [1.165, 1.54) is 0 Å². The predicted octanol–water partition coefficient (Wildman–Crippen LogP) is 3.99. The molecule has 144 valence electrons. The van der Waals surface area contributed by atoms with E-state index in [0.717, 1.165) is 66.9 Å². The molecule has 4 rings (SSSR count). The van der Waals surface area contributed by atoms with Crippen molar-refractivity contribution in [1.29, 1.82) is 0 Å². The number of hydrogen-bond acceptors (Lipinski definition) is 6. The molecule has 2 aliphatic heterocycles. The van der Waals surface area contributed by atoms with Crippen LogP contribution >= 0.6 is 23.4 Å². The van der Waals surface area contributed by atoms with Crippen LogP contribution in [0, 0.1) is 0 Å². The van der Waals surface area contributed by atoms with E-state index < -0.39 is 0 Å². The van der Waals surface area contributed by atoms with Gasteiger partial charge in [0.05, 0.1) is 11.4 Å². The lowest BCUT2D eigenvalue weighted by Crippen LogP contribution is -2.45. The summed E-state index contributed by atoms with van der Waals surface area (Å²) < 4.78 is 0. The summed E-state index contributed by atoms with van der Waals surface area (Å²) in [5.41, 5.74) is 1.98. The highest BCUT2D eigenvalue weighted by molar-refractivity contribution is 7.99. The number of phenolic OH excluding ortho intramolecular Hbond substituents is 2. The van der Waals surface area contributed by atoms with Gasteiger partial charge < -0.3 is 24.9 Å². The van der Waals surface area contributed by atoms with Gasteiger partial charge >= 0.3 is 0 Å². The molecule has 0 saturated carbocycles. The summed E-state index contributed by atoms with van der Waals surface area (Å²) >= 11 is 7.85. The maximum atomic E-state index is 10.0. The van der Waals surface area contributed by atoms with Crippen molar-refractivity contribution in [2.45, 2.75) is 16.2 Å². The van der Waals surface area contributed by atoms with Crippen molar-refractivity contribution in [3.63, 3.8) is 0 Å². The molecule has 1 fully saturated rings. The van der Waals surface area contributed by atoms with Crippen LogP contribution in [-0.4, -0.2) is 66.3 Å². The molecule has 2 aromatic rings. The summed E-state index contributed by atoms with van der Waals surface area (Å²) in [6, 6.07) is 9.17. The molecule has 0 aliphatic carbocycles. The minimum atomic E-state index is -0.0936. The molecule has 0 unspecified atom stereocenters. The highest BCUT2D eigenvalue weighted by Crippen LogP contribution is 2.51. The highest BCUT2D eigenvalue weighted by atomic mass is 35.5. The number of hydrogen-bond donors (Lipinski definition) is 2. The lowest BCUT2D eigenvalue weighted by molar-refractivity contribution is 0.153. The predicted molar refractivity (Wildman–Crippen MR) is 111 cm³/mol. The Morgan fingerprint density at radius 2 is 1.63 bits per heavy atom. The quantitative estimate of drug-likeness (QED) is 0.750. The Kier molecular flexibility index (Phi) is 5.41. The van der Waals surface area contributed by atoms with Gasteiger partial charge in [0.2, 0.25) is 0 Å². The molecule has 2 N–H and O–H groups in total. The number of aromatic hydroxyl groups is 2. The number of benzene rings is 2. The van der Waals surface area contributed by atoms with Crippen molar-refractivity contribution in [1.82, 2.24) is 9.80 Å². The van der Waals surface area contributed by atoms with E-state index in [1.54, 1.807) is 23.9 Å². The second kappa shape index (κ2) is 7.80. The van der Waals surface area contributed by atoms with Crippen molar-refractivity contribution in [2.75, 3.05) is 51.2 Å². The smallest absolute Gasteiger partial charge is 0.159 e. The van der Waals surface area contributed by atoms with Gasteiger partial charge in [0.25, 0.3) is 0 Å². The Balaban J connectivity index is 1.55. The van der Waals surface area contributed by atoms with Crippen LogP contribution in [0.3, 0.4) is 0 Å². The Morgan fingerprint density at radius 3 is 2.41 bits per heavy atom. The third kappa shape index (κ3) is 3.99. The maximum absolute atomic E-state index is 10.0. The Bertz CT molecular complexity index is 840. The standard InChI is InChI=1S/C20H24ClN3O2S/c1-22-7-9-23(10-8-22)5-2-6-24-15-11-14(21)3-4-19(15)27-20-13-18(26)17(25)12-16(20)24/h3-4,11-13,25-26H,2,5-10H2,1H3. The van der Waals surface area contributed by atoms with E-state index in [0.29, 0.717) is 5.02 Å². The van der Waals surface area contributed by atoms with E-state index >= 15 is 0 Å². The Hall–Kier alpha value is -1.60. The number of halogens is 1. The number of rotatable bonds is 4. The van der Waals surface area contributed by atoms with Gasteiger partial charge in [0, 0.05) is 53.6 Å². The summed E-state index contributed by atoms with van der Waals surface area (Å²) in [5, 5.41) is 20.6. The maximum Gasteiger partial charge on any atom is 0.159 e. The second-order valence-electron chi connectivity index (χ2n) is 7.17. The van der Waals surface area contributed by atoms with Crippen molar-refractivity contribution < 1.29 is 10.2 Å². The summed E-state index contributed by atoms with van der Waals surface area (Å²) in [6.45, 7) is 6.34. The second-order valence-corrected chi connectivity index (χ2v) is 8.69. The highest BCUT2D eigenvalue weighted by Gasteiger charge is 2.25. The molecule has 0 radical (unpaired) electrons. The molecule has 0 bridgehead atoms. The van der Waals surface area contributed by atoms with E-state index in [-0.39, 0.29) is 11.5 Å². The first-order chi connectivity index (χ1) is 13.0. The topological polar surface area (TPSA) is 50.2 Å². The zero-order valence-corrected chi connectivity index (χ0v) is 16.9. The molecule has 2 aliphatic rings. The van der Waals surface area contributed by atoms with Crippen LogP contribution < -0.4 is 4.90 Å². The fourth-order valence-corrected chi connectivity index (χ4v) is 4.90. The molecule has 5 nitrogen and oxygen atoms in total. The SMILES string of the molecule is CN1CCN(CCCN2c3cc(Cl)ccc3Sc3cc(O)c(O)cc32)CC1. The fourth-order valence-electron chi connectivity index (χ4n) is 3.64. The number of phenols is 2. The Labute approximate surface area is 169 Å². The van der Waals surface area contributed by atoms with Gasteiger partial charge in [-0.05, 0) is 44.3 Å². The minimum absolute atomic E-state index is 0.0870. The largest absolute Gasteiger partial charge is 0.504 e. The van der Waals surface area contributed by atoms with Crippen LogP contribution in [0.2, 0.25) is 5.02 Å². The van der Waals surface area contributed by atoms with E-state index in [1.807, 2.05) is 18.2 Å². The van der Waals surface area contributed by atoms with Gasteiger partial charge in [-0.3, -0.25) is 0 Å². The van der Waals surface area contributed by atoms with Crippen molar-refractivity contribution in [3.05, 3.63) is 35.4 Å². The van der Waals surface area contributed by atoms with Crippen LogP contribution in [0.1, 0.15) is 6.42 Å². The lowest BCUT2D eigenvalue weighted by atomic mass is 10.2. The average Bonchev–Trinajstić information content (AvgIpc) is 2.65. The molecular weight excluding hydrogens is 382 g/mol. The number of anilines is 2. The molecule has 0 amide bonds. The van der Waals surface area contributed by atoms with Gasteiger partial charge in [-0.25, -0.2) is 0 Å². The average molecular weight is 406 g/mol. The van der Waals surface area contributed by atoms with E-state index in [9.17, 15) is 10.2 Å². The van der Waals surface area contributed by atoms with Crippen LogP contribution in [-0.2, 0) is 0 Å². The minimum Gasteiger partial charge on any atom is -0.504 e. The van der Waals surface area contributed by atoms with Gasteiger partial charge in [0.1, 0.15) is 0 Å². The van der Waals surface area contributed by atoms with Crippen LogP contribution in [0.15, 0.2) is 40.1 Å². The number of nitrogens with zero attached hydrogens (tertiary/aromatic N) is 3. The summed E-state index contributed by atoms with van der Waals surface area (Å²) in [5.74, 6) is -0.181.